The molecule has 5 nitrogen and oxygen atoms in total. The summed E-state index contributed by atoms with van der Waals surface area (Å²) in [5.74, 6) is 0.911. The van der Waals surface area contributed by atoms with Gasteiger partial charge in [0.2, 0.25) is 0 Å². The summed E-state index contributed by atoms with van der Waals surface area (Å²) in [6, 6.07) is 13.9. The molecule has 3 aromatic rings. The molecule has 0 radical (unpaired) electrons. The molecule has 1 aliphatic heterocycles. The van der Waals surface area contributed by atoms with E-state index in [-0.39, 0.29) is 0 Å². The zero-order chi connectivity index (χ0) is 14.9. The van der Waals surface area contributed by atoms with E-state index in [1.807, 2.05) is 60.6 Å². The van der Waals surface area contributed by atoms with Crippen LogP contribution in [0.1, 0.15) is 11.4 Å². The van der Waals surface area contributed by atoms with Crippen LogP contribution in [0.3, 0.4) is 0 Å². The average Bonchev–Trinajstić information content (AvgIpc) is 3.04. The van der Waals surface area contributed by atoms with E-state index in [9.17, 15) is 0 Å². The fraction of sp³-hybridized carbons (Fsp3) is 0.118. The lowest BCUT2D eigenvalue weighted by molar-refractivity contribution is 0.818. The number of pyridine rings is 3. The van der Waals surface area contributed by atoms with Crippen LogP contribution in [0.2, 0.25) is 0 Å². The van der Waals surface area contributed by atoms with E-state index >= 15 is 0 Å². The lowest BCUT2D eigenvalue weighted by Crippen LogP contribution is -2.30. The van der Waals surface area contributed by atoms with Gasteiger partial charge in [0.05, 0.1) is 23.3 Å². The van der Waals surface area contributed by atoms with Gasteiger partial charge in [-0.3, -0.25) is 9.99 Å². The van der Waals surface area contributed by atoms with Gasteiger partial charge < -0.3 is 5.43 Å². The summed E-state index contributed by atoms with van der Waals surface area (Å²) in [4.78, 5) is 13.5. The molecule has 1 N–H and O–H groups in total. The Morgan fingerprint density at radius 1 is 1.00 bits per heavy atom. The fourth-order valence-corrected chi connectivity index (χ4v) is 2.53. The normalized spacial score (nSPS) is 14.0. The summed E-state index contributed by atoms with van der Waals surface area (Å²) < 4.78 is 0. The number of hydrogen-bond donors (Lipinski definition) is 1. The van der Waals surface area contributed by atoms with Crippen molar-refractivity contribution in [1.29, 1.82) is 0 Å². The molecule has 0 aliphatic carbocycles. The molecule has 22 heavy (non-hydrogen) atoms. The number of aryl methyl sites for hydroxylation is 1. The highest BCUT2D eigenvalue weighted by Gasteiger charge is 2.18. The van der Waals surface area contributed by atoms with Crippen molar-refractivity contribution in [3.63, 3.8) is 0 Å². The van der Waals surface area contributed by atoms with Crippen LogP contribution in [0, 0.1) is 6.92 Å². The van der Waals surface area contributed by atoms with Crippen LogP contribution in [0.4, 0.5) is 5.82 Å². The van der Waals surface area contributed by atoms with Crippen LogP contribution < -0.4 is 10.4 Å². The summed E-state index contributed by atoms with van der Waals surface area (Å²) in [6.07, 6.45) is 3.76. The smallest absolute Gasteiger partial charge is 0.147 e. The van der Waals surface area contributed by atoms with Gasteiger partial charge in [0.25, 0.3) is 0 Å². The summed E-state index contributed by atoms with van der Waals surface area (Å²) in [5, 5.41) is 2.01. The second-order valence-electron chi connectivity index (χ2n) is 5.26. The highest BCUT2D eigenvalue weighted by molar-refractivity contribution is 5.78. The van der Waals surface area contributed by atoms with Crippen LogP contribution in [0.25, 0.3) is 16.6 Å². The first kappa shape index (κ1) is 12.8. The van der Waals surface area contributed by atoms with Crippen LogP contribution in [-0.2, 0) is 0 Å². The predicted molar refractivity (Wildman–Crippen MR) is 87.0 cm³/mol. The summed E-state index contributed by atoms with van der Waals surface area (Å²) >= 11 is 0. The van der Waals surface area contributed by atoms with E-state index in [1.165, 1.54) is 0 Å². The SMILES string of the molecule is Cc1cccc(N2CC(c3ccc4ncccc4n3)=CN2)n1. The molecular weight excluding hydrogens is 274 g/mol. The van der Waals surface area contributed by atoms with E-state index < -0.39 is 0 Å². The molecule has 0 atom stereocenters. The topological polar surface area (TPSA) is 53.9 Å². The first-order valence-corrected chi connectivity index (χ1v) is 7.18. The van der Waals surface area contributed by atoms with Gasteiger partial charge in [0.15, 0.2) is 0 Å². The van der Waals surface area contributed by atoms with Gasteiger partial charge in [-0.25, -0.2) is 9.97 Å². The summed E-state index contributed by atoms with van der Waals surface area (Å²) in [5.41, 5.74) is 8.17. The Kier molecular flexibility index (Phi) is 2.96. The van der Waals surface area contributed by atoms with E-state index in [0.717, 1.165) is 40.4 Å². The molecule has 4 rings (SSSR count). The van der Waals surface area contributed by atoms with Crippen molar-refractivity contribution in [2.45, 2.75) is 6.92 Å². The van der Waals surface area contributed by atoms with Crippen LogP contribution in [0.15, 0.2) is 54.9 Å². The Bertz CT molecular complexity index is 872. The van der Waals surface area contributed by atoms with E-state index in [4.69, 9.17) is 0 Å². The minimum absolute atomic E-state index is 0.731. The Morgan fingerprint density at radius 3 is 2.86 bits per heavy atom. The Labute approximate surface area is 128 Å². The minimum atomic E-state index is 0.731. The Morgan fingerprint density at radius 2 is 1.95 bits per heavy atom. The lowest BCUT2D eigenvalue weighted by Gasteiger charge is -2.17. The molecule has 4 heterocycles. The highest BCUT2D eigenvalue weighted by Crippen LogP contribution is 2.22. The van der Waals surface area contributed by atoms with Crippen molar-refractivity contribution >= 4 is 22.4 Å². The van der Waals surface area contributed by atoms with E-state index in [0.29, 0.717) is 0 Å². The molecule has 0 spiro atoms. The van der Waals surface area contributed by atoms with Crippen molar-refractivity contribution in [2.75, 3.05) is 11.6 Å². The standard InChI is InChI=1S/C17H15N5/c1-12-4-2-6-17(20-12)22-11-13(10-19-22)14-7-8-15-16(21-14)5-3-9-18-15/h2-10,19H,11H2,1H3. The van der Waals surface area contributed by atoms with Crippen LogP contribution >= 0.6 is 0 Å². The maximum atomic E-state index is 4.69. The molecule has 0 bridgehead atoms. The second kappa shape index (κ2) is 5.11. The second-order valence-corrected chi connectivity index (χ2v) is 5.26. The zero-order valence-electron chi connectivity index (χ0n) is 12.2. The third kappa shape index (κ3) is 2.26. The van der Waals surface area contributed by atoms with Gasteiger partial charge in [-0.15, -0.1) is 0 Å². The summed E-state index contributed by atoms with van der Waals surface area (Å²) in [7, 11) is 0. The average molecular weight is 289 g/mol. The fourth-order valence-electron chi connectivity index (χ4n) is 2.53. The number of hydrazine groups is 1. The zero-order valence-corrected chi connectivity index (χ0v) is 12.2. The number of anilines is 1. The van der Waals surface area contributed by atoms with Crippen LogP contribution in [0.5, 0.6) is 0 Å². The maximum absolute atomic E-state index is 4.69. The third-order valence-electron chi connectivity index (χ3n) is 3.66. The number of aromatic nitrogens is 3. The minimum Gasteiger partial charge on any atom is -0.304 e. The molecule has 3 aromatic heterocycles. The Hall–Kier alpha value is -2.95. The first-order chi connectivity index (χ1) is 10.8. The number of rotatable bonds is 2. The number of nitrogens with zero attached hydrogens (tertiary/aromatic N) is 4. The van der Waals surface area contributed by atoms with Crippen molar-refractivity contribution in [3.8, 4) is 0 Å². The molecule has 0 unspecified atom stereocenters. The van der Waals surface area contributed by atoms with E-state index in [1.54, 1.807) is 6.20 Å². The maximum Gasteiger partial charge on any atom is 0.147 e. The van der Waals surface area contributed by atoms with Crippen LogP contribution in [-0.4, -0.2) is 21.5 Å². The molecule has 0 amide bonds. The van der Waals surface area contributed by atoms with Gasteiger partial charge in [0.1, 0.15) is 5.82 Å². The molecule has 0 saturated carbocycles. The molecule has 5 heteroatoms. The van der Waals surface area contributed by atoms with E-state index in [2.05, 4.69) is 20.4 Å². The molecule has 0 saturated heterocycles. The van der Waals surface area contributed by atoms with Gasteiger partial charge in [-0.05, 0) is 43.3 Å². The molecule has 1 aliphatic rings. The van der Waals surface area contributed by atoms with Crippen molar-refractivity contribution in [2.24, 2.45) is 0 Å². The summed E-state index contributed by atoms with van der Waals surface area (Å²) in [6.45, 7) is 2.72. The highest BCUT2D eigenvalue weighted by atomic mass is 15.5. The lowest BCUT2D eigenvalue weighted by atomic mass is 10.1. The first-order valence-electron chi connectivity index (χ1n) is 7.18. The van der Waals surface area contributed by atoms with Crippen molar-refractivity contribution in [1.82, 2.24) is 20.4 Å². The molecule has 0 fully saturated rings. The predicted octanol–water partition coefficient (Wildman–Crippen LogP) is 2.70. The third-order valence-corrected chi connectivity index (χ3v) is 3.66. The van der Waals surface area contributed by atoms with Crippen molar-refractivity contribution < 1.29 is 0 Å². The van der Waals surface area contributed by atoms with Gasteiger partial charge in [-0.2, -0.15) is 0 Å². The van der Waals surface area contributed by atoms with Gasteiger partial charge >= 0.3 is 0 Å². The molecular formula is C17H15N5. The number of fused-ring (bicyclic) bond motifs is 1. The molecule has 108 valence electrons. The molecule has 0 aromatic carbocycles. The van der Waals surface area contributed by atoms with Crippen molar-refractivity contribution in [3.05, 3.63) is 66.2 Å². The van der Waals surface area contributed by atoms with Gasteiger partial charge in [-0.1, -0.05) is 6.07 Å². The number of nitrogens with one attached hydrogen (secondary N) is 1. The number of hydrogen-bond acceptors (Lipinski definition) is 5. The largest absolute Gasteiger partial charge is 0.304 e. The quantitative estimate of drug-likeness (QED) is 0.786. The van der Waals surface area contributed by atoms with Gasteiger partial charge in [0, 0.05) is 23.7 Å². The Balaban J connectivity index is 1.61. The monoisotopic (exact) mass is 289 g/mol.